The van der Waals surface area contributed by atoms with E-state index in [1.165, 1.54) is 0 Å². The molecule has 21 heavy (non-hydrogen) atoms. The summed E-state index contributed by atoms with van der Waals surface area (Å²) in [6, 6.07) is 13.4. The first-order valence-corrected chi connectivity index (χ1v) is 8.12. The molecule has 0 spiro atoms. The molecule has 2 aromatic carbocycles. The number of nitrogens with two attached hydrogens (primary N) is 1. The molecule has 0 aromatic heterocycles. The number of aliphatic hydroxyl groups excluding tert-OH is 1. The Balaban J connectivity index is 2.36. The summed E-state index contributed by atoms with van der Waals surface area (Å²) in [4.78, 5) is 0. The summed E-state index contributed by atoms with van der Waals surface area (Å²) < 4.78 is 7.26. The lowest BCUT2D eigenvalue weighted by atomic mass is 9.89. The van der Waals surface area contributed by atoms with Crippen molar-refractivity contribution in [1.29, 1.82) is 0 Å². The van der Waals surface area contributed by atoms with Gasteiger partial charge < -0.3 is 15.6 Å². The number of rotatable bonds is 5. The largest absolute Gasteiger partial charge is 0.496 e. The van der Waals surface area contributed by atoms with Crippen LogP contribution in [0.25, 0.3) is 0 Å². The van der Waals surface area contributed by atoms with E-state index in [2.05, 4.69) is 31.9 Å². The molecule has 0 amide bonds. The first-order valence-electron chi connectivity index (χ1n) is 6.54. The van der Waals surface area contributed by atoms with E-state index in [-0.39, 0.29) is 5.92 Å². The molecular weight excluding hydrogens is 398 g/mol. The summed E-state index contributed by atoms with van der Waals surface area (Å²) in [6.07, 6.45) is -0.723. The molecule has 2 atom stereocenters. The zero-order valence-electron chi connectivity index (χ0n) is 11.6. The van der Waals surface area contributed by atoms with Gasteiger partial charge in [0.1, 0.15) is 5.75 Å². The molecule has 0 bridgehead atoms. The molecule has 2 rings (SSSR count). The van der Waals surface area contributed by atoms with Crippen LogP contribution in [0.5, 0.6) is 5.75 Å². The van der Waals surface area contributed by atoms with Gasteiger partial charge in [0.05, 0.1) is 13.2 Å². The van der Waals surface area contributed by atoms with E-state index >= 15 is 0 Å². The van der Waals surface area contributed by atoms with Gasteiger partial charge >= 0.3 is 0 Å². The van der Waals surface area contributed by atoms with Gasteiger partial charge in [-0.2, -0.15) is 0 Å². The maximum absolute atomic E-state index is 10.7. The minimum absolute atomic E-state index is 0.187. The zero-order valence-corrected chi connectivity index (χ0v) is 14.8. The normalized spacial score (nSPS) is 13.8. The molecule has 2 aromatic rings. The highest BCUT2D eigenvalue weighted by Crippen LogP contribution is 2.36. The lowest BCUT2D eigenvalue weighted by molar-refractivity contribution is 0.143. The van der Waals surface area contributed by atoms with Crippen molar-refractivity contribution in [2.45, 2.75) is 12.0 Å². The van der Waals surface area contributed by atoms with E-state index in [0.29, 0.717) is 12.3 Å². The van der Waals surface area contributed by atoms with E-state index in [1.54, 1.807) is 7.11 Å². The molecule has 0 aliphatic rings. The summed E-state index contributed by atoms with van der Waals surface area (Å²) in [7, 11) is 1.59. The predicted molar refractivity (Wildman–Crippen MR) is 91.6 cm³/mol. The Labute approximate surface area is 141 Å². The first-order chi connectivity index (χ1) is 10.1. The highest BCUT2D eigenvalue weighted by molar-refractivity contribution is 9.10. The van der Waals surface area contributed by atoms with Crippen molar-refractivity contribution < 1.29 is 9.84 Å². The van der Waals surface area contributed by atoms with E-state index in [1.807, 2.05) is 42.5 Å². The molecule has 0 aliphatic carbocycles. The molecule has 112 valence electrons. The van der Waals surface area contributed by atoms with Gasteiger partial charge in [-0.15, -0.1) is 0 Å². The van der Waals surface area contributed by atoms with Crippen LogP contribution in [0, 0.1) is 0 Å². The van der Waals surface area contributed by atoms with Gasteiger partial charge in [0.2, 0.25) is 0 Å². The Kier molecular flexibility index (Phi) is 5.81. The highest BCUT2D eigenvalue weighted by atomic mass is 79.9. The van der Waals surface area contributed by atoms with Crippen molar-refractivity contribution >= 4 is 31.9 Å². The lowest BCUT2D eigenvalue weighted by Crippen LogP contribution is -2.20. The van der Waals surface area contributed by atoms with Crippen molar-refractivity contribution in [2.75, 3.05) is 13.7 Å². The summed E-state index contributed by atoms with van der Waals surface area (Å²) in [5, 5.41) is 10.7. The minimum atomic E-state index is -0.723. The van der Waals surface area contributed by atoms with Gasteiger partial charge in [-0.3, -0.25) is 0 Å². The molecule has 3 N–H and O–H groups in total. The number of halogens is 2. The average molecular weight is 415 g/mol. The summed E-state index contributed by atoms with van der Waals surface area (Å²) in [5.41, 5.74) is 7.61. The monoisotopic (exact) mass is 413 g/mol. The minimum Gasteiger partial charge on any atom is -0.496 e. The number of benzene rings is 2. The number of hydrogen-bond donors (Lipinski definition) is 2. The summed E-state index contributed by atoms with van der Waals surface area (Å²) in [6.45, 7) is 0.349. The second kappa shape index (κ2) is 7.40. The Morgan fingerprint density at radius 2 is 1.71 bits per heavy atom. The van der Waals surface area contributed by atoms with Gasteiger partial charge in [-0.1, -0.05) is 50.1 Å². The molecule has 0 heterocycles. The SMILES string of the molecule is COc1cc(Br)ccc1C(O)C(CN)c1ccc(Br)cc1. The third-order valence-electron chi connectivity index (χ3n) is 3.45. The molecule has 2 unspecified atom stereocenters. The van der Waals surface area contributed by atoms with Crippen LogP contribution in [0.15, 0.2) is 51.4 Å². The topological polar surface area (TPSA) is 55.5 Å². The van der Waals surface area contributed by atoms with Crippen LogP contribution in [0.2, 0.25) is 0 Å². The average Bonchev–Trinajstić information content (AvgIpc) is 2.49. The zero-order chi connectivity index (χ0) is 15.4. The first kappa shape index (κ1) is 16.5. The Morgan fingerprint density at radius 1 is 1.10 bits per heavy atom. The number of methoxy groups -OCH3 is 1. The molecule has 0 fully saturated rings. The van der Waals surface area contributed by atoms with Crippen molar-refractivity contribution in [2.24, 2.45) is 5.73 Å². The molecule has 0 saturated carbocycles. The maximum atomic E-state index is 10.7. The van der Waals surface area contributed by atoms with Crippen molar-refractivity contribution in [3.05, 3.63) is 62.5 Å². The van der Waals surface area contributed by atoms with E-state index < -0.39 is 6.10 Å². The number of ether oxygens (including phenoxy) is 1. The Hall–Kier alpha value is -0.880. The van der Waals surface area contributed by atoms with Gasteiger partial charge in [-0.25, -0.2) is 0 Å². The van der Waals surface area contributed by atoms with E-state index in [4.69, 9.17) is 10.5 Å². The fourth-order valence-electron chi connectivity index (χ4n) is 2.30. The predicted octanol–water partition coefficient (Wildman–Crippen LogP) is 4.00. The second-order valence-corrected chi connectivity index (χ2v) is 6.56. The molecule has 0 aliphatic heterocycles. The highest BCUT2D eigenvalue weighted by Gasteiger charge is 2.24. The van der Waals surface area contributed by atoms with Gasteiger partial charge in [0.25, 0.3) is 0 Å². The van der Waals surface area contributed by atoms with Crippen molar-refractivity contribution in [3.8, 4) is 5.75 Å². The third kappa shape index (κ3) is 3.86. The second-order valence-electron chi connectivity index (χ2n) is 4.72. The lowest BCUT2D eigenvalue weighted by Gasteiger charge is -2.24. The van der Waals surface area contributed by atoms with Crippen LogP contribution in [0.4, 0.5) is 0 Å². The molecule has 5 heteroatoms. The van der Waals surface area contributed by atoms with Crippen LogP contribution in [0.1, 0.15) is 23.1 Å². The fraction of sp³-hybridized carbons (Fsp3) is 0.250. The maximum Gasteiger partial charge on any atom is 0.125 e. The number of hydrogen-bond acceptors (Lipinski definition) is 3. The standard InChI is InChI=1S/C16H17Br2NO2/c1-21-15-8-12(18)6-7-13(15)16(20)14(9-19)10-2-4-11(17)5-3-10/h2-8,14,16,20H,9,19H2,1H3. The smallest absolute Gasteiger partial charge is 0.125 e. The van der Waals surface area contributed by atoms with Gasteiger partial charge in [0.15, 0.2) is 0 Å². The van der Waals surface area contributed by atoms with Gasteiger partial charge in [-0.05, 0) is 29.8 Å². The van der Waals surface area contributed by atoms with E-state index in [9.17, 15) is 5.11 Å². The molecule has 0 saturated heterocycles. The fourth-order valence-corrected chi connectivity index (χ4v) is 2.91. The number of aliphatic hydroxyl groups is 1. The van der Waals surface area contributed by atoms with Gasteiger partial charge in [0, 0.05) is 27.0 Å². The van der Waals surface area contributed by atoms with Crippen molar-refractivity contribution in [3.63, 3.8) is 0 Å². The van der Waals surface area contributed by atoms with Crippen LogP contribution < -0.4 is 10.5 Å². The van der Waals surface area contributed by atoms with E-state index in [0.717, 1.165) is 20.1 Å². The van der Waals surface area contributed by atoms with Crippen LogP contribution in [-0.2, 0) is 0 Å². The molecule has 3 nitrogen and oxygen atoms in total. The quantitative estimate of drug-likeness (QED) is 0.777. The molecule has 0 radical (unpaired) electrons. The Bertz CT molecular complexity index is 602. The van der Waals surface area contributed by atoms with Crippen LogP contribution in [-0.4, -0.2) is 18.8 Å². The summed E-state index contributed by atoms with van der Waals surface area (Å²) >= 11 is 6.81. The molecular formula is C16H17Br2NO2. The van der Waals surface area contributed by atoms with Crippen LogP contribution >= 0.6 is 31.9 Å². The van der Waals surface area contributed by atoms with Crippen molar-refractivity contribution in [1.82, 2.24) is 0 Å². The Morgan fingerprint density at radius 3 is 2.29 bits per heavy atom. The third-order valence-corrected chi connectivity index (χ3v) is 4.47. The summed E-state index contributed by atoms with van der Waals surface area (Å²) in [5.74, 6) is 0.459. The van der Waals surface area contributed by atoms with Crippen LogP contribution in [0.3, 0.4) is 0 Å².